The maximum atomic E-state index is 13.9. The molecule has 0 radical (unpaired) electrons. The first-order valence-corrected chi connectivity index (χ1v) is 8.48. The van der Waals surface area contributed by atoms with Crippen molar-refractivity contribution in [1.82, 2.24) is 9.78 Å². The molecule has 0 aliphatic heterocycles. The average molecular weight is 368 g/mol. The van der Waals surface area contributed by atoms with Crippen molar-refractivity contribution in [3.63, 3.8) is 0 Å². The fourth-order valence-electron chi connectivity index (χ4n) is 2.83. The van der Waals surface area contributed by atoms with E-state index in [1.807, 2.05) is 13.0 Å². The van der Waals surface area contributed by atoms with E-state index in [0.717, 1.165) is 5.69 Å². The minimum atomic E-state index is -0.406. The molecule has 0 aliphatic carbocycles. The van der Waals surface area contributed by atoms with Crippen LogP contribution in [0.3, 0.4) is 0 Å². The summed E-state index contributed by atoms with van der Waals surface area (Å²) in [5, 5.41) is 10.00. The first-order valence-electron chi connectivity index (χ1n) is 8.48. The number of aryl methyl sites for hydroxylation is 1. The molecular formula is C20H21FN4O2. The molecule has 0 saturated heterocycles. The Morgan fingerprint density at radius 1 is 1.11 bits per heavy atom. The molecule has 0 spiro atoms. The highest BCUT2D eigenvalue weighted by atomic mass is 19.1. The summed E-state index contributed by atoms with van der Waals surface area (Å²) in [6, 6.07) is 13.3. The Bertz CT molecular complexity index is 968. The fraction of sp³-hybridized carbons (Fsp3) is 0.200. The number of halogens is 1. The van der Waals surface area contributed by atoms with Gasteiger partial charge in [-0.15, -0.1) is 0 Å². The van der Waals surface area contributed by atoms with Gasteiger partial charge in [0.25, 0.3) is 0 Å². The quantitative estimate of drug-likeness (QED) is 0.704. The standard InChI is InChI=1S/C20H21FN4O2/c1-13-19(23-20(26)22-17-10-6-7-11-18(17)27-3)14(2)25(24-13)12-15-8-4-5-9-16(15)21/h4-11H,12H2,1-3H3,(H2,22,23,26). The van der Waals surface area contributed by atoms with E-state index in [1.165, 1.54) is 6.07 Å². The Labute approximate surface area is 157 Å². The highest BCUT2D eigenvalue weighted by Crippen LogP contribution is 2.25. The van der Waals surface area contributed by atoms with E-state index < -0.39 is 6.03 Å². The molecule has 6 nitrogen and oxygen atoms in total. The lowest BCUT2D eigenvalue weighted by atomic mass is 10.2. The Kier molecular flexibility index (Phi) is 5.40. The molecule has 0 aliphatic rings. The molecule has 2 N–H and O–H groups in total. The molecule has 0 bridgehead atoms. The number of hydrogen-bond acceptors (Lipinski definition) is 3. The fourth-order valence-corrected chi connectivity index (χ4v) is 2.83. The molecule has 2 aromatic carbocycles. The van der Waals surface area contributed by atoms with Gasteiger partial charge in [0.1, 0.15) is 11.6 Å². The SMILES string of the molecule is COc1ccccc1NC(=O)Nc1c(C)nn(Cc2ccccc2F)c1C. The molecule has 2 amide bonds. The van der Waals surface area contributed by atoms with Gasteiger partial charge in [-0.05, 0) is 32.0 Å². The molecule has 1 heterocycles. The van der Waals surface area contributed by atoms with Crippen molar-refractivity contribution in [1.29, 1.82) is 0 Å². The van der Waals surface area contributed by atoms with Gasteiger partial charge in [-0.3, -0.25) is 4.68 Å². The summed E-state index contributed by atoms with van der Waals surface area (Å²) in [6.07, 6.45) is 0. The lowest BCUT2D eigenvalue weighted by Crippen LogP contribution is -2.20. The molecule has 0 saturated carbocycles. The van der Waals surface area contributed by atoms with Gasteiger partial charge in [0.05, 0.1) is 36.4 Å². The van der Waals surface area contributed by atoms with Crippen molar-refractivity contribution >= 4 is 17.4 Å². The van der Waals surface area contributed by atoms with E-state index in [9.17, 15) is 9.18 Å². The number of aromatic nitrogens is 2. The van der Waals surface area contributed by atoms with Gasteiger partial charge in [0.15, 0.2) is 0 Å². The predicted molar refractivity (Wildman–Crippen MR) is 103 cm³/mol. The Hall–Kier alpha value is -3.35. The summed E-state index contributed by atoms with van der Waals surface area (Å²) in [5.74, 6) is 0.282. The molecule has 1 aromatic heterocycles. The number of amides is 2. The topological polar surface area (TPSA) is 68.2 Å². The summed E-state index contributed by atoms with van der Waals surface area (Å²) < 4.78 is 20.8. The zero-order valence-electron chi connectivity index (χ0n) is 15.4. The molecule has 0 unspecified atom stereocenters. The van der Waals surface area contributed by atoms with Gasteiger partial charge < -0.3 is 15.4 Å². The number of nitrogens with one attached hydrogen (secondary N) is 2. The molecule has 0 atom stereocenters. The predicted octanol–water partition coefficient (Wildman–Crippen LogP) is 4.34. The second kappa shape index (κ2) is 7.90. The second-order valence-corrected chi connectivity index (χ2v) is 6.07. The van der Waals surface area contributed by atoms with Gasteiger partial charge in [-0.25, -0.2) is 9.18 Å². The number of anilines is 2. The summed E-state index contributed by atoms with van der Waals surface area (Å²) in [6.45, 7) is 3.91. The van der Waals surface area contributed by atoms with Crippen molar-refractivity contribution < 1.29 is 13.9 Å². The van der Waals surface area contributed by atoms with E-state index in [1.54, 1.807) is 55.1 Å². The maximum Gasteiger partial charge on any atom is 0.323 e. The van der Waals surface area contributed by atoms with Gasteiger partial charge in [-0.1, -0.05) is 30.3 Å². The van der Waals surface area contributed by atoms with Crippen LogP contribution in [0.15, 0.2) is 48.5 Å². The van der Waals surface area contributed by atoms with Crippen LogP contribution in [0.1, 0.15) is 17.0 Å². The highest BCUT2D eigenvalue weighted by molar-refractivity contribution is 6.01. The minimum absolute atomic E-state index is 0.284. The number of ether oxygens (including phenoxy) is 1. The smallest absolute Gasteiger partial charge is 0.323 e. The van der Waals surface area contributed by atoms with Crippen LogP contribution in [0.2, 0.25) is 0 Å². The molecule has 3 rings (SSSR count). The second-order valence-electron chi connectivity index (χ2n) is 6.07. The van der Waals surface area contributed by atoms with Crippen LogP contribution in [0.4, 0.5) is 20.6 Å². The van der Waals surface area contributed by atoms with Gasteiger partial charge in [0.2, 0.25) is 0 Å². The van der Waals surface area contributed by atoms with Crippen molar-refractivity contribution in [3.8, 4) is 5.75 Å². The van der Waals surface area contributed by atoms with Crippen molar-refractivity contribution in [2.45, 2.75) is 20.4 Å². The number of carbonyl (C=O) groups is 1. The van der Waals surface area contributed by atoms with E-state index in [2.05, 4.69) is 15.7 Å². The number of methoxy groups -OCH3 is 1. The summed E-state index contributed by atoms with van der Waals surface area (Å²) in [7, 11) is 1.54. The third-order valence-electron chi connectivity index (χ3n) is 4.25. The van der Waals surface area contributed by atoms with E-state index in [4.69, 9.17) is 4.74 Å². The van der Waals surface area contributed by atoms with Crippen LogP contribution >= 0.6 is 0 Å². The normalized spacial score (nSPS) is 10.5. The maximum absolute atomic E-state index is 13.9. The Morgan fingerprint density at radius 2 is 1.81 bits per heavy atom. The zero-order chi connectivity index (χ0) is 19.4. The first kappa shape index (κ1) is 18.4. The van der Waals surface area contributed by atoms with Crippen LogP contribution in [0.5, 0.6) is 5.75 Å². The Balaban J connectivity index is 1.76. The van der Waals surface area contributed by atoms with Crippen molar-refractivity contribution in [3.05, 3.63) is 71.3 Å². The molecule has 3 aromatic rings. The third kappa shape index (κ3) is 4.08. The molecule has 7 heteroatoms. The first-order chi connectivity index (χ1) is 13.0. The van der Waals surface area contributed by atoms with Crippen LogP contribution in [-0.4, -0.2) is 22.9 Å². The van der Waals surface area contributed by atoms with Crippen LogP contribution in [0.25, 0.3) is 0 Å². The molecule has 27 heavy (non-hydrogen) atoms. The van der Waals surface area contributed by atoms with E-state index >= 15 is 0 Å². The van der Waals surface area contributed by atoms with Crippen molar-refractivity contribution in [2.24, 2.45) is 0 Å². The molecule has 0 fully saturated rings. The highest BCUT2D eigenvalue weighted by Gasteiger charge is 2.16. The molecule has 140 valence electrons. The minimum Gasteiger partial charge on any atom is -0.495 e. The van der Waals surface area contributed by atoms with E-state index in [0.29, 0.717) is 28.4 Å². The van der Waals surface area contributed by atoms with Crippen LogP contribution < -0.4 is 15.4 Å². The van der Waals surface area contributed by atoms with Crippen LogP contribution in [0, 0.1) is 19.7 Å². The Morgan fingerprint density at radius 3 is 2.56 bits per heavy atom. The molecular weight excluding hydrogens is 347 g/mol. The lowest BCUT2D eigenvalue weighted by Gasteiger charge is -2.11. The largest absolute Gasteiger partial charge is 0.495 e. The van der Waals surface area contributed by atoms with Crippen molar-refractivity contribution in [2.75, 3.05) is 17.7 Å². The number of urea groups is 1. The number of benzene rings is 2. The van der Waals surface area contributed by atoms with Gasteiger partial charge in [-0.2, -0.15) is 5.10 Å². The number of carbonyl (C=O) groups excluding carboxylic acids is 1. The lowest BCUT2D eigenvalue weighted by molar-refractivity contribution is 0.262. The van der Waals surface area contributed by atoms with Gasteiger partial charge >= 0.3 is 6.03 Å². The van der Waals surface area contributed by atoms with Gasteiger partial charge in [0, 0.05) is 5.56 Å². The number of para-hydroxylation sites is 2. The number of rotatable bonds is 5. The monoisotopic (exact) mass is 368 g/mol. The summed E-state index contributed by atoms with van der Waals surface area (Å²) in [4.78, 5) is 12.4. The summed E-state index contributed by atoms with van der Waals surface area (Å²) in [5.41, 5.74) is 3.09. The van der Waals surface area contributed by atoms with Crippen LogP contribution in [-0.2, 0) is 6.54 Å². The average Bonchev–Trinajstić information content (AvgIpc) is 2.91. The number of hydrogen-bond donors (Lipinski definition) is 2. The van der Waals surface area contributed by atoms with E-state index in [-0.39, 0.29) is 12.4 Å². The zero-order valence-corrected chi connectivity index (χ0v) is 15.4. The summed E-state index contributed by atoms with van der Waals surface area (Å²) >= 11 is 0. The number of nitrogens with zero attached hydrogens (tertiary/aromatic N) is 2. The third-order valence-corrected chi connectivity index (χ3v) is 4.25.